The fourth-order valence-corrected chi connectivity index (χ4v) is 0.922. The average molecular weight is 129 g/mol. The van der Waals surface area contributed by atoms with Gasteiger partial charge in [0.2, 0.25) is 0 Å². The Morgan fingerprint density at radius 3 is 2.11 bits per heavy atom. The molecule has 0 spiro atoms. The van der Waals surface area contributed by atoms with Crippen LogP contribution in [0.4, 0.5) is 0 Å². The van der Waals surface area contributed by atoms with Gasteiger partial charge in [-0.15, -0.1) is 0 Å². The molecule has 0 aliphatic carbocycles. The molecule has 0 bridgehead atoms. The summed E-state index contributed by atoms with van der Waals surface area (Å²) in [6.07, 6.45) is 2.30. The lowest BCUT2D eigenvalue weighted by molar-refractivity contribution is 0.138. The predicted molar refractivity (Wildman–Crippen MR) is 38.8 cm³/mol. The van der Waals surface area contributed by atoms with Crippen LogP contribution in [0.25, 0.3) is 0 Å². The maximum Gasteiger partial charge on any atom is 0.0847 e. The minimum atomic E-state index is 0.0876. The van der Waals surface area contributed by atoms with E-state index in [-0.39, 0.29) is 6.61 Å². The first-order chi connectivity index (χ1) is 4.20. The molecule has 0 aliphatic rings. The van der Waals surface area contributed by atoms with Gasteiger partial charge in [-0.1, -0.05) is 27.2 Å². The molecule has 0 aromatic carbocycles. The van der Waals surface area contributed by atoms with Crippen molar-refractivity contribution >= 4 is 0 Å². The first kappa shape index (κ1) is 8.96. The highest BCUT2D eigenvalue weighted by Gasteiger charge is 2.05. The third-order valence-electron chi connectivity index (χ3n) is 1.79. The van der Waals surface area contributed by atoms with Crippen molar-refractivity contribution in [3.8, 4) is 0 Å². The SMILES string of the molecule is CCC(C)CC(C)C[O]. The van der Waals surface area contributed by atoms with Crippen molar-refractivity contribution in [2.45, 2.75) is 33.6 Å². The van der Waals surface area contributed by atoms with Gasteiger partial charge in [-0.3, -0.25) is 0 Å². The van der Waals surface area contributed by atoms with Crippen molar-refractivity contribution in [2.75, 3.05) is 6.61 Å². The standard InChI is InChI=1S/C8H17O/c1-4-7(2)5-8(3)6-9/h7-8H,4-6H2,1-3H3. The Hall–Kier alpha value is -0.0400. The zero-order chi connectivity index (χ0) is 7.28. The second-order valence-corrected chi connectivity index (χ2v) is 3.02. The van der Waals surface area contributed by atoms with Gasteiger partial charge < -0.3 is 0 Å². The Balaban J connectivity index is 3.22. The normalized spacial score (nSPS) is 17.3. The summed E-state index contributed by atoms with van der Waals surface area (Å²) in [5.41, 5.74) is 0. The lowest BCUT2D eigenvalue weighted by Crippen LogP contribution is -2.04. The molecule has 0 aromatic rings. The molecule has 2 unspecified atom stereocenters. The predicted octanol–water partition coefficient (Wildman–Crippen LogP) is 2.49. The van der Waals surface area contributed by atoms with Crippen molar-refractivity contribution in [3.63, 3.8) is 0 Å². The van der Waals surface area contributed by atoms with Crippen LogP contribution < -0.4 is 0 Å². The molecule has 0 aliphatic heterocycles. The second kappa shape index (κ2) is 4.80. The van der Waals surface area contributed by atoms with E-state index in [1.807, 2.05) is 6.92 Å². The van der Waals surface area contributed by atoms with Crippen LogP contribution in [-0.4, -0.2) is 6.61 Å². The van der Waals surface area contributed by atoms with Crippen LogP contribution >= 0.6 is 0 Å². The lowest BCUT2D eigenvalue weighted by Gasteiger charge is -2.11. The zero-order valence-corrected chi connectivity index (χ0v) is 6.68. The highest BCUT2D eigenvalue weighted by molar-refractivity contribution is 4.55. The van der Waals surface area contributed by atoms with E-state index >= 15 is 0 Å². The number of hydrogen-bond acceptors (Lipinski definition) is 0. The van der Waals surface area contributed by atoms with Gasteiger partial charge in [0.05, 0.1) is 6.61 Å². The van der Waals surface area contributed by atoms with Gasteiger partial charge in [-0.05, 0) is 18.3 Å². The number of rotatable bonds is 4. The van der Waals surface area contributed by atoms with Crippen LogP contribution in [-0.2, 0) is 5.11 Å². The summed E-state index contributed by atoms with van der Waals surface area (Å²) in [4.78, 5) is 0. The highest BCUT2D eigenvalue weighted by atomic mass is 16.3. The van der Waals surface area contributed by atoms with E-state index in [0.717, 1.165) is 12.3 Å². The molecule has 0 fully saturated rings. The fraction of sp³-hybridized carbons (Fsp3) is 1.00. The van der Waals surface area contributed by atoms with E-state index in [1.54, 1.807) is 0 Å². The monoisotopic (exact) mass is 129 g/mol. The van der Waals surface area contributed by atoms with Gasteiger partial charge >= 0.3 is 0 Å². The largest absolute Gasteiger partial charge is 0.236 e. The van der Waals surface area contributed by atoms with E-state index in [1.165, 1.54) is 6.42 Å². The second-order valence-electron chi connectivity index (χ2n) is 3.02. The van der Waals surface area contributed by atoms with Gasteiger partial charge in [-0.2, -0.15) is 0 Å². The summed E-state index contributed by atoms with van der Waals surface area (Å²) in [6.45, 7) is 6.48. The Bertz CT molecular complexity index is 53.6. The molecule has 2 atom stereocenters. The van der Waals surface area contributed by atoms with Crippen LogP contribution in [0.1, 0.15) is 33.6 Å². The van der Waals surface area contributed by atoms with Crippen molar-refractivity contribution < 1.29 is 5.11 Å². The lowest BCUT2D eigenvalue weighted by atomic mass is 9.96. The molecule has 0 saturated heterocycles. The topological polar surface area (TPSA) is 19.9 Å². The molecule has 0 heterocycles. The van der Waals surface area contributed by atoms with Gasteiger partial charge in [0.25, 0.3) is 0 Å². The first-order valence-electron chi connectivity index (χ1n) is 3.78. The molecule has 0 N–H and O–H groups in total. The third-order valence-corrected chi connectivity index (χ3v) is 1.79. The minimum absolute atomic E-state index is 0.0876. The minimum Gasteiger partial charge on any atom is -0.236 e. The van der Waals surface area contributed by atoms with E-state index in [4.69, 9.17) is 0 Å². The summed E-state index contributed by atoms with van der Waals surface area (Å²) in [6, 6.07) is 0. The van der Waals surface area contributed by atoms with Crippen molar-refractivity contribution in [1.82, 2.24) is 0 Å². The molecule has 0 saturated carbocycles. The van der Waals surface area contributed by atoms with Crippen LogP contribution in [0.3, 0.4) is 0 Å². The molecule has 1 radical (unpaired) electrons. The van der Waals surface area contributed by atoms with Gasteiger partial charge in [0.15, 0.2) is 0 Å². The molecule has 55 valence electrons. The van der Waals surface area contributed by atoms with E-state index in [9.17, 15) is 5.11 Å². The number of hydrogen-bond donors (Lipinski definition) is 0. The van der Waals surface area contributed by atoms with Crippen LogP contribution in [0.5, 0.6) is 0 Å². The summed E-state index contributed by atoms with van der Waals surface area (Å²) >= 11 is 0. The van der Waals surface area contributed by atoms with Gasteiger partial charge in [0.1, 0.15) is 0 Å². The van der Waals surface area contributed by atoms with E-state index in [2.05, 4.69) is 13.8 Å². The fourth-order valence-electron chi connectivity index (χ4n) is 0.922. The maximum absolute atomic E-state index is 10.3. The summed E-state index contributed by atoms with van der Waals surface area (Å²) in [7, 11) is 0. The Morgan fingerprint density at radius 2 is 1.78 bits per heavy atom. The highest BCUT2D eigenvalue weighted by Crippen LogP contribution is 2.13. The van der Waals surface area contributed by atoms with Gasteiger partial charge in [-0.25, -0.2) is 5.11 Å². The van der Waals surface area contributed by atoms with Gasteiger partial charge in [0, 0.05) is 0 Å². The molecular weight excluding hydrogens is 112 g/mol. The summed E-state index contributed by atoms with van der Waals surface area (Å²) < 4.78 is 0. The van der Waals surface area contributed by atoms with Crippen LogP contribution in [0.15, 0.2) is 0 Å². The van der Waals surface area contributed by atoms with E-state index in [0.29, 0.717) is 5.92 Å². The molecule has 0 rings (SSSR count). The Labute approximate surface area is 58.1 Å². The zero-order valence-electron chi connectivity index (χ0n) is 6.68. The molecular formula is C8H17O. The molecule has 0 amide bonds. The van der Waals surface area contributed by atoms with Crippen molar-refractivity contribution in [2.24, 2.45) is 11.8 Å². The molecule has 1 nitrogen and oxygen atoms in total. The smallest absolute Gasteiger partial charge is 0.0847 e. The first-order valence-corrected chi connectivity index (χ1v) is 3.78. The Kier molecular flexibility index (Phi) is 4.78. The summed E-state index contributed by atoms with van der Waals surface area (Å²) in [5.74, 6) is 1.11. The van der Waals surface area contributed by atoms with Crippen LogP contribution in [0, 0.1) is 11.8 Å². The third kappa shape index (κ3) is 4.46. The quantitative estimate of drug-likeness (QED) is 0.555. The molecule has 1 heteroatoms. The van der Waals surface area contributed by atoms with E-state index < -0.39 is 0 Å². The summed E-state index contributed by atoms with van der Waals surface area (Å²) in [5, 5.41) is 10.3. The molecule has 0 aromatic heterocycles. The van der Waals surface area contributed by atoms with Crippen molar-refractivity contribution in [3.05, 3.63) is 0 Å². The maximum atomic E-state index is 10.3. The average Bonchev–Trinajstić information content (AvgIpc) is 1.87. The molecule has 9 heavy (non-hydrogen) atoms. The Morgan fingerprint density at radius 1 is 1.22 bits per heavy atom. The van der Waals surface area contributed by atoms with Crippen molar-refractivity contribution in [1.29, 1.82) is 0 Å². The van der Waals surface area contributed by atoms with Crippen LogP contribution in [0.2, 0.25) is 0 Å².